The maximum absolute atomic E-state index is 13.6. The number of unbranched alkanes of at least 4 members (excludes halogenated alkanes) is 4. The van der Waals surface area contributed by atoms with Crippen LogP contribution in [0, 0.1) is 0 Å². The number of aliphatic hydroxyl groups is 1. The normalized spacial score (nSPS) is 13.7. The first-order valence-electron chi connectivity index (χ1n) is 15.5. The van der Waals surface area contributed by atoms with Gasteiger partial charge in [-0.25, -0.2) is 4.79 Å². The van der Waals surface area contributed by atoms with E-state index in [1.54, 1.807) is 18.2 Å². The van der Waals surface area contributed by atoms with Crippen molar-refractivity contribution in [2.45, 2.75) is 85.6 Å². The molecule has 1 aromatic heterocycles. The van der Waals surface area contributed by atoms with Crippen LogP contribution >= 0.6 is 35.0 Å². The van der Waals surface area contributed by atoms with E-state index in [4.69, 9.17) is 32.4 Å². The maximum Gasteiger partial charge on any atom is 0.424 e. The lowest BCUT2D eigenvalue weighted by Gasteiger charge is -2.31. The molecule has 8 nitrogen and oxygen atoms in total. The van der Waals surface area contributed by atoms with Crippen molar-refractivity contribution in [2.24, 2.45) is 0 Å². The van der Waals surface area contributed by atoms with Gasteiger partial charge in [-0.1, -0.05) is 73.7 Å². The largest absolute Gasteiger partial charge is 0.507 e. The summed E-state index contributed by atoms with van der Waals surface area (Å²) >= 11 is 11.9. The Morgan fingerprint density at radius 2 is 1.78 bits per heavy atom. The van der Waals surface area contributed by atoms with Gasteiger partial charge in [0.2, 0.25) is 10.1 Å². The molecular formula is C35H37Cl2F3O8S. The number of benzene rings is 2. The van der Waals surface area contributed by atoms with Crippen LogP contribution in [0.5, 0.6) is 11.5 Å². The summed E-state index contributed by atoms with van der Waals surface area (Å²) in [4.78, 5) is 35.6. The molecule has 14 heteroatoms. The van der Waals surface area contributed by atoms with Gasteiger partial charge in [0.15, 0.2) is 11.2 Å². The topological polar surface area (TPSA) is 134 Å². The van der Waals surface area contributed by atoms with Crippen LogP contribution in [-0.4, -0.2) is 55.5 Å². The number of thioether (sulfide) groups is 1. The molecule has 266 valence electrons. The number of rotatable bonds is 18. The number of alkyl halides is 5. The lowest BCUT2D eigenvalue weighted by atomic mass is 10.0. The molecule has 3 aromatic rings. The van der Waals surface area contributed by atoms with E-state index in [-0.39, 0.29) is 33.0 Å². The van der Waals surface area contributed by atoms with Gasteiger partial charge in [0.1, 0.15) is 23.2 Å². The summed E-state index contributed by atoms with van der Waals surface area (Å²) in [6, 6.07) is 8.15. The summed E-state index contributed by atoms with van der Waals surface area (Å²) in [6.07, 6.45) is 4.19. The van der Waals surface area contributed by atoms with Crippen molar-refractivity contribution in [3.05, 3.63) is 87.8 Å². The fraction of sp³-hybridized carbons (Fsp3) is 0.400. The Bertz CT molecular complexity index is 1740. The Hall–Kier alpha value is -3.45. The highest BCUT2D eigenvalue weighted by atomic mass is 35.5. The number of ether oxygens (including phenoxy) is 1. The number of Topliss-reactive ketones (excluding diaryl/α,β-unsaturated/α-hetero) is 1. The summed E-state index contributed by atoms with van der Waals surface area (Å²) in [7, 11) is 0. The lowest BCUT2D eigenvalue weighted by Crippen LogP contribution is -2.49. The van der Waals surface area contributed by atoms with Crippen molar-refractivity contribution in [3.63, 3.8) is 0 Å². The van der Waals surface area contributed by atoms with Gasteiger partial charge in [0, 0.05) is 16.5 Å². The Labute approximate surface area is 295 Å². The van der Waals surface area contributed by atoms with Crippen molar-refractivity contribution in [1.29, 1.82) is 0 Å². The number of hydrogen-bond donors (Lipinski definition) is 3. The number of fused-ring (bicyclic) bond motifs is 1. The molecule has 1 heterocycles. The number of ketones is 1. The van der Waals surface area contributed by atoms with E-state index in [1.165, 1.54) is 37.3 Å². The molecular weight excluding hydrogens is 708 g/mol. The van der Waals surface area contributed by atoms with Gasteiger partial charge >= 0.3 is 12.1 Å². The van der Waals surface area contributed by atoms with Gasteiger partial charge < -0.3 is 24.5 Å². The zero-order valence-corrected chi connectivity index (χ0v) is 29.1. The number of halogens is 5. The summed E-state index contributed by atoms with van der Waals surface area (Å²) < 4.78 is 48.4. The van der Waals surface area contributed by atoms with Gasteiger partial charge in [0.05, 0.1) is 22.8 Å². The fourth-order valence-electron chi connectivity index (χ4n) is 4.83. The van der Waals surface area contributed by atoms with E-state index in [0.717, 1.165) is 49.9 Å². The number of carboxylic acids is 1. The predicted octanol–water partition coefficient (Wildman–Crippen LogP) is 9.05. The SMILES string of the molecule is CCCc1c(OCCCCCC/C=C\C=C\[C@H](Sc2ccc3c(=O)cc(C(=O)O)oc3c2)[C@@H](O)C(Cl)(Cl)C(F)(F)F)ccc(C(C)=O)c1O. The molecule has 0 saturated heterocycles. The maximum atomic E-state index is 13.6. The summed E-state index contributed by atoms with van der Waals surface area (Å²) in [5.74, 6) is -1.75. The number of aliphatic hydroxyl groups excluding tert-OH is 1. The molecule has 0 unspecified atom stereocenters. The smallest absolute Gasteiger partial charge is 0.424 e. The number of aromatic carboxylic acids is 1. The highest BCUT2D eigenvalue weighted by Crippen LogP contribution is 2.46. The number of allylic oxidation sites excluding steroid dienone is 3. The minimum Gasteiger partial charge on any atom is -0.507 e. The zero-order chi connectivity index (χ0) is 36.4. The molecule has 0 bridgehead atoms. The van der Waals surface area contributed by atoms with E-state index in [0.29, 0.717) is 30.8 Å². The van der Waals surface area contributed by atoms with Crippen LogP contribution in [0.3, 0.4) is 0 Å². The molecule has 2 aromatic carbocycles. The van der Waals surface area contributed by atoms with Gasteiger partial charge in [-0.3, -0.25) is 9.59 Å². The van der Waals surface area contributed by atoms with E-state index >= 15 is 0 Å². The van der Waals surface area contributed by atoms with Crippen molar-refractivity contribution in [2.75, 3.05) is 6.61 Å². The number of carbonyl (C=O) groups excluding carboxylic acids is 1. The molecule has 2 atom stereocenters. The third-order valence-electron chi connectivity index (χ3n) is 7.43. The van der Waals surface area contributed by atoms with E-state index < -0.39 is 39.0 Å². The summed E-state index contributed by atoms with van der Waals surface area (Å²) in [5, 5.41) is 29.1. The number of hydrogen-bond acceptors (Lipinski definition) is 8. The number of carboxylic acid groups (broad SMARTS) is 1. The zero-order valence-electron chi connectivity index (χ0n) is 26.8. The monoisotopic (exact) mass is 744 g/mol. The summed E-state index contributed by atoms with van der Waals surface area (Å²) in [6.45, 7) is 3.82. The molecule has 0 aliphatic heterocycles. The highest BCUT2D eigenvalue weighted by molar-refractivity contribution is 8.00. The number of phenols is 1. The van der Waals surface area contributed by atoms with Crippen molar-refractivity contribution in [1.82, 2.24) is 0 Å². The van der Waals surface area contributed by atoms with Gasteiger partial charge in [-0.2, -0.15) is 13.2 Å². The first kappa shape index (κ1) is 40.0. The second kappa shape index (κ2) is 18.0. The quantitative estimate of drug-likeness (QED) is 0.0383. The third-order valence-corrected chi connectivity index (χ3v) is 9.52. The van der Waals surface area contributed by atoms with Gasteiger partial charge in [-0.05, 0) is 62.9 Å². The van der Waals surface area contributed by atoms with Crippen LogP contribution in [0.1, 0.15) is 78.8 Å². The van der Waals surface area contributed by atoms with Crippen LogP contribution < -0.4 is 10.2 Å². The fourth-order valence-corrected chi connectivity index (χ4v) is 6.39. The minimum atomic E-state index is -5.16. The molecule has 0 saturated carbocycles. The van der Waals surface area contributed by atoms with E-state index in [1.807, 2.05) is 13.0 Å². The molecule has 3 rings (SSSR count). The average molecular weight is 746 g/mol. The highest BCUT2D eigenvalue weighted by Gasteiger charge is 2.59. The van der Waals surface area contributed by atoms with Crippen LogP contribution in [0.2, 0.25) is 0 Å². The first-order valence-corrected chi connectivity index (χ1v) is 17.1. The molecule has 0 radical (unpaired) electrons. The number of phenolic OH excluding ortho intramolecular Hbond substituents is 1. The predicted molar refractivity (Wildman–Crippen MR) is 185 cm³/mol. The van der Waals surface area contributed by atoms with Crippen LogP contribution in [0.15, 0.2) is 74.8 Å². The minimum absolute atomic E-state index is 0.0308. The molecule has 3 N–H and O–H groups in total. The van der Waals surface area contributed by atoms with Crippen molar-refractivity contribution in [3.8, 4) is 11.5 Å². The second-order valence-corrected chi connectivity index (χ2v) is 13.8. The van der Waals surface area contributed by atoms with Crippen molar-refractivity contribution >= 4 is 57.7 Å². The Morgan fingerprint density at radius 1 is 1.06 bits per heavy atom. The number of carbonyl (C=O) groups is 2. The molecule has 49 heavy (non-hydrogen) atoms. The number of aromatic hydroxyl groups is 1. The molecule has 0 spiro atoms. The standard InChI is InChI=1S/C35H37Cl2F3O8S/c1-3-12-25-27(17-16-23(21(2)41)31(25)43)47-18-11-9-7-5-4-6-8-10-13-30(32(44)34(36,37)35(38,39)40)49-22-14-15-24-26(42)20-29(33(45)46)48-28(24)19-22/h6,8,10,13-17,19-20,30,32,43-44H,3-5,7,9,11-12,18H2,1-2H3,(H,45,46)/b8-6-,13-10+/t30-,32+/m0/s1. The molecule has 0 aliphatic rings. The lowest BCUT2D eigenvalue weighted by molar-refractivity contribution is -0.160. The average Bonchev–Trinajstić information content (AvgIpc) is 3.03. The molecule has 0 fully saturated rings. The van der Waals surface area contributed by atoms with Gasteiger partial charge in [0.25, 0.3) is 0 Å². The van der Waals surface area contributed by atoms with Crippen LogP contribution in [0.4, 0.5) is 13.2 Å². The van der Waals surface area contributed by atoms with E-state index in [2.05, 4.69) is 0 Å². The third kappa shape index (κ3) is 10.8. The summed E-state index contributed by atoms with van der Waals surface area (Å²) in [5.41, 5.74) is 0.196. The Balaban J connectivity index is 1.57. The second-order valence-electron chi connectivity index (χ2n) is 11.2. The van der Waals surface area contributed by atoms with Crippen LogP contribution in [-0.2, 0) is 6.42 Å². The first-order chi connectivity index (χ1) is 23.1. The van der Waals surface area contributed by atoms with Gasteiger partial charge in [-0.15, -0.1) is 11.8 Å². The Morgan fingerprint density at radius 3 is 2.43 bits per heavy atom. The molecule has 0 aliphatic carbocycles. The Kier molecular flexibility index (Phi) is 14.7. The van der Waals surface area contributed by atoms with Crippen LogP contribution in [0.25, 0.3) is 11.0 Å². The molecule has 0 amide bonds. The van der Waals surface area contributed by atoms with E-state index in [9.17, 15) is 42.9 Å². The van der Waals surface area contributed by atoms with Crippen molar-refractivity contribution < 1.29 is 47.2 Å².